The van der Waals surface area contributed by atoms with Gasteiger partial charge in [-0.2, -0.15) is 0 Å². The van der Waals surface area contributed by atoms with Crippen molar-refractivity contribution in [1.82, 2.24) is 20.4 Å². The summed E-state index contributed by atoms with van der Waals surface area (Å²) in [5, 5.41) is 0. The molecule has 0 aliphatic rings. The van der Waals surface area contributed by atoms with E-state index in [1.54, 1.807) is 13.0 Å². The van der Waals surface area contributed by atoms with Crippen molar-refractivity contribution in [3.05, 3.63) is 95.1 Å². The van der Waals surface area contributed by atoms with E-state index in [-0.39, 0.29) is 18.2 Å². The van der Waals surface area contributed by atoms with E-state index in [4.69, 9.17) is 4.42 Å². The third kappa shape index (κ3) is 4.32. The first-order chi connectivity index (χ1) is 15.4. The summed E-state index contributed by atoms with van der Waals surface area (Å²) < 4.78 is 7.69. The van der Waals surface area contributed by atoms with Gasteiger partial charge in [0.15, 0.2) is 0 Å². The van der Waals surface area contributed by atoms with Gasteiger partial charge in [-0.05, 0) is 51.1 Å². The van der Waals surface area contributed by atoms with Crippen LogP contribution in [0.1, 0.15) is 33.2 Å². The molecular formula is C25H24N4O3. The standard InChI is InChI=1S/C25H24N4O3/c1-16-14-21(17(2)29(16)20-12-8-5-9-13-20)24(31)28-27-23(30)15-22-18(3)32-25(26-22)19-10-6-4-7-11-19/h4-14H,15H2,1-3H3,(H,27,30)(H,28,31). The Balaban J connectivity index is 1.41. The highest BCUT2D eigenvalue weighted by molar-refractivity contribution is 5.97. The fourth-order valence-corrected chi connectivity index (χ4v) is 3.65. The van der Waals surface area contributed by atoms with Crippen LogP contribution in [0, 0.1) is 20.8 Å². The molecule has 4 aromatic rings. The van der Waals surface area contributed by atoms with Crippen molar-refractivity contribution in [1.29, 1.82) is 0 Å². The fourth-order valence-electron chi connectivity index (χ4n) is 3.65. The van der Waals surface area contributed by atoms with Crippen molar-refractivity contribution >= 4 is 11.8 Å². The Bertz CT molecular complexity index is 1260. The highest BCUT2D eigenvalue weighted by atomic mass is 16.4. The quantitative estimate of drug-likeness (QED) is 0.469. The molecule has 0 spiro atoms. The molecule has 0 saturated heterocycles. The van der Waals surface area contributed by atoms with E-state index in [1.807, 2.05) is 79.1 Å². The summed E-state index contributed by atoms with van der Waals surface area (Å²) in [4.78, 5) is 29.5. The fraction of sp³-hybridized carbons (Fsp3) is 0.160. The number of hydrazine groups is 1. The highest BCUT2D eigenvalue weighted by Crippen LogP contribution is 2.22. The molecule has 2 N–H and O–H groups in total. The van der Waals surface area contributed by atoms with E-state index >= 15 is 0 Å². The van der Waals surface area contributed by atoms with Crippen LogP contribution in [0.25, 0.3) is 17.1 Å². The molecule has 0 bridgehead atoms. The van der Waals surface area contributed by atoms with Gasteiger partial charge in [0.1, 0.15) is 5.76 Å². The van der Waals surface area contributed by atoms with Gasteiger partial charge in [0.2, 0.25) is 11.8 Å². The summed E-state index contributed by atoms with van der Waals surface area (Å²) in [5.74, 6) is 0.265. The number of nitrogens with one attached hydrogen (secondary N) is 2. The molecule has 2 amide bonds. The molecule has 32 heavy (non-hydrogen) atoms. The lowest BCUT2D eigenvalue weighted by molar-refractivity contribution is -0.121. The van der Waals surface area contributed by atoms with Crippen LogP contribution < -0.4 is 10.9 Å². The number of hydrogen-bond donors (Lipinski definition) is 2. The molecule has 7 nitrogen and oxygen atoms in total. The molecule has 2 aromatic carbocycles. The summed E-state index contributed by atoms with van der Waals surface area (Å²) in [6.45, 7) is 5.58. The Kier molecular flexibility index (Phi) is 5.89. The normalized spacial score (nSPS) is 10.7. The number of aryl methyl sites for hydroxylation is 2. The first-order valence-corrected chi connectivity index (χ1v) is 10.3. The Labute approximate surface area is 186 Å². The molecule has 7 heteroatoms. The number of benzene rings is 2. The Hall–Kier alpha value is -4.13. The first-order valence-electron chi connectivity index (χ1n) is 10.3. The largest absolute Gasteiger partial charge is 0.441 e. The molecule has 0 fully saturated rings. The maximum Gasteiger partial charge on any atom is 0.271 e. The lowest BCUT2D eigenvalue weighted by Gasteiger charge is -2.10. The van der Waals surface area contributed by atoms with Crippen LogP contribution in [0.4, 0.5) is 0 Å². The minimum Gasteiger partial charge on any atom is -0.441 e. The minimum absolute atomic E-state index is 0.00845. The Morgan fingerprint density at radius 3 is 2.28 bits per heavy atom. The maximum absolute atomic E-state index is 12.7. The molecule has 0 saturated carbocycles. The number of para-hydroxylation sites is 1. The second kappa shape index (κ2) is 8.93. The van der Waals surface area contributed by atoms with Gasteiger partial charge in [-0.15, -0.1) is 0 Å². The number of amides is 2. The van der Waals surface area contributed by atoms with Crippen LogP contribution in [0.2, 0.25) is 0 Å². The van der Waals surface area contributed by atoms with Crippen LogP contribution in [0.15, 0.2) is 71.1 Å². The molecule has 0 aliphatic heterocycles. The number of carbonyl (C=O) groups excluding carboxylic acids is 2. The monoisotopic (exact) mass is 428 g/mol. The molecule has 2 aromatic heterocycles. The molecule has 0 unspecified atom stereocenters. The Morgan fingerprint density at radius 2 is 1.59 bits per heavy atom. The van der Waals surface area contributed by atoms with E-state index < -0.39 is 0 Å². The van der Waals surface area contributed by atoms with Crippen molar-refractivity contribution in [2.24, 2.45) is 0 Å². The number of nitrogens with zero attached hydrogens (tertiary/aromatic N) is 2. The van der Waals surface area contributed by atoms with Gasteiger partial charge in [-0.3, -0.25) is 20.4 Å². The van der Waals surface area contributed by atoms with Crippen molar-refractivity contribution in [2.45, 2.75) is 27.2 Å². The Morgan fingerprint density at radius 1 is 0.938 bits per heavy atom. The number of aromatic nitrogens is 2. The maximum atomic E-state index is 12.7. The molecular weight excluding hydrogens is 404 g/mol. The van der Waals surface area contributed by atoms with Crippen molar-refractivity contribution in [3.8, 4) is 17.1 Å². The van der Waals surface area contributed by atoms with E-state index in [9.17, 15) is 9.59 Å². The van der Waals surface area contributed by atoms with Crippen LogP contribution in [-0.4, -0.2) is 21.4 Å². The third-order valence-corrected chi connectivity index (χ3v) is 5.25. The van der Waals surface area contributed by atoms with Gasteiger partial charge >= 0.3 is 0 Å². The van der Waals surface area contributed by atoms with Crippen LogP contribution in [0.5, 0.6) is 0 Å². The summed E-state index contributed by atoms with van der Waals surface area (Å²) in [5.41, 5.74) is 9.52. The third-order valence-electron chi connectivity index (χ3n) is 5.25. The van der Waals surface area contributed by atoms with Crippen LogP contribution >= 0.6 is 0 Å². The zero-order valence-corrected chi connectivity index (χ0v) is 18.2. The van der Waals surface area contributed by atoms with E-state index in [0.29, 0.717) is 22.9 Å². The number of oxazole rings is 1. The van der Waals surface area contributed by atoms with Gasteiger partial charge in [0.05, 0.1) is 17.7 Å². The first kappa shape index (κ1) is 21.1. The zero-order chi connectivity index (χ0) is 22.7. The van der Waals surface area contributed by atoms with E-state index in [1.165, 1.54) is 0 Å². The van der Waals surface area contributed by atoms with Crippen molar-refractivity contribution < 1.29 is 14.0 Å². The SMILES string of the molecule is Cc1oc(-c2ccccc2)nc1CC(=O)NNC(=O)c1cc(C)n(-c2ccccc2)c1C. The average molecular weight is 428 g/mol. The topological polar surface area (TPSA) is 89.2 Å². The molecule has 0 aliphatic carbocycles. The number of rotatable bonds is 5. The second-order valence-electron chi connectivity index (χ2n) is 7.52. The van der Waals surface area contributed by atoms with Crippen LogP contribution in [0.3, 0.4) is 0 Å². The van der Waals surface area contributed by atoms with E-state index in [0.717, 1.165) is 22.6 Å². The summed E-state index contributed by atoms with van der Waals surface area (Å²) in [7, 11) is 0. The molecule has 4 rings (SSSR count). The van der Waals surface area contributed by atoms with Gasteiger partial charge in [0.25, 0.3) is 5.91 Å². The van der Waals surface area contributed by atoms with Gasteiger partial charge in [0, 0.05) is 22.6 Å². The lowest BCUT2D eigenvalue weighted by atomic mass is 10.2. The van der Waals surface area contributed by atoms with E-state index in [2.05, 4.69) is 15.8 Å². The van der Waals surface area contributed by atoms with Crippen LogP contribution in [-0.2, 0) is 11.2 Å². The molecule has 0 atom stereocenters. The second-order valence-corrected chi connectivity index (χ2v) is 7.52. The van der Waals surface area contributed by atoms with Gasteiger partial charge < -0.3 is 8.98 Å². The minimum atomic E-state index is -0.383. The lowest BCUT2D eigenvalue weighted by Crippen LogP contribution is -2.42. The van der Waals surface area contributed by atoms with Gasteiger partial charge in [-0.1, -0.05) is 36.4 Å². The average Bonchev–Trinajstić information content (AvgIpc) is 3.32. The van der Waals surface area contributed by atoms with Crippen molar-refractivity contribution in [3.63, 3.8) is 0 Å². The number of hydrogen-bond acceptors (Lipinski definition) is 4. The predicted molar refractivity (Wildman–Crippen MR) is 121 cm³/mol. The van der Waals surface area contributed by atoms with Crippen molar-refractivity contribution in [2.75, 3.05) is 0 Å². The molecule has 2 heterocycles. The summed E-state index contributed by atoms with van der Waals surface area (Å²) in [6.07, 6.45) is -0.00845. The number of carbonyl (C=O) groups is 2. The smallest absolute Gasteiger partial charge is 0.271 e. The highest BCUT2D eigenvalue weighted by Gasteiger charge is 2.18. The predicted octanol–water partition coefficient (Wildman–Crippen LogP) is 4.06. The summed E-state index contributed by atoms with van der Waals surface area (Å²) in [6, 6.07) is 21.1. The molecule has 0 radical (unpaired) electrons. The zero-order valence-electron chi connectivity index (χ0n) is 18.2. The van der Waals surface area contributed by atoms with Gasteiger partial charge in [-0.25, -0.2) is 4.98 Å². The summed E-state index contributed by atoms with van der Waals surface area (Å²) >= 11 is 0. The molecule has 162 valence electrons.